The van der Waals surface area contributed by atoms with Crippen molar-refractivity contribution in [2.45, 2.75) is 51.0 Å². The van der Waals surface area contributed by atoms with Crippen molar-refractivity contribution >= 4 is 34.2 Å². The number of para-hydroxylation sites is 1. The van der Waals surface area contributed by atoms with E-state index in [1.165, 1.54) is 24.5 Å². The predicted molar refractivity (Wildman–Crippen MR) is 174 cm³/mol. The number of nitrogens with one attached hydrogen (secondary N) is 2. The minimum atomic E-state index is -0.729. The summed E-state index contributed by atoms with van der Waals surface area (Å²) in [6, 6.07) is 19.4. The van der Waals surface area contributed by atoms with E-state index in [1.54, 1.807) is 36.4 Å². The van der Waals surface area contributed by atoms with Gasteiger partial charge in [0.2, 0.25) is 0 Å². The molecule has 2 unspecified atom stereocenters. The quantitative estimate of drug-likeness (QED) is 0.214. The minimum absolute atomic E-state index is 0.0213. The first-order chi connectivity index (χ1) is 21.9. The lowest BCUT2D eigenvalue weighted by Crippen LogP contribution is -2.47. The second kappa shape index (κ2) is 12.2. The van der Waals surface area contributed by atoms with Gasteiger partial charge in [-0.2, -0.15) is 0 Å². The summed E-state index contributed by atoms with van der Waals surface area (Å²) < 4.78 is 7.31. The molecule has 0 spiro atoms. The summed E-state index contributed by atoms with van der Waals surface area (Å²) in [6.45, 7) is 2.53. The Balaban J connectivity index is 1.18. The summed E-state index contributed by atoms with van der Waals surface area (Å²) in [4.78, 5) is 54.5. The Labute approximate surface area is 260 Å². The second-order valence-corrected chi connectivity index (χ2v) is 12.4. The average Bonchev–Trinajstić information content (AvgIpc) is 3.05. The number of carbonyl (C=O) groups excluding carboxylic acids is 2. The van der Waals surface area contributed by atoms with Gasteiger partial charge in [-0.15, -0.1) is 0 Å². The van der Waals surface area contributed by atoms with E-state index in [4.69, 9.17) is 4.42 Å². The molecule has 45 heavy (non-hydrogen) atoms. The zero-order valence-corrected chi connectivity index (χ0v) is 25.1. The fourth-order valence-electron chi connectivity index (χ4n) is 7.13. The van der Waals surface area contributed by atoms with Crippen molar-refractivity contribution in [1.82, 2.24) is 9.88 Å². The van der Waals surface area contributed by atoms with E-state index in [-0.39, 0.29) is 28.9 Å². The number of carbonyl (C=O) groups is 2. The van der Waals surface area contributed by atoms with E-state index in [1.807, 2.05) is 28.8 Å². The summed E-state index contributed by atoms with van der Waals surface area (Å²) in [5, 5.41) is 6.61. The average molecular weight is 605 g/mol. The van der Waals surface area contributed by atoms with Crippen LogP contribution in [0, 0.1) is 5.92 Å². The van der Waals surface area contributed by atoms with Crippen molar-refractivity contribution in [1.29, 1.82) is 0 Å². The molecule has 0 radical (unpaired) electrons. The molecule has 2 aliphatic heterocycles. The maximum Gasteiger partial charge on any atom is 0.349 e. The fraction of sp³-hybridized carbons (Fsp3) is 0.333. The van der Waals surface area contributed by atoms with Crippen LogP contribution >= 0.6 is 0 Å². The van der Waals surface area contributed by atoms with Gasteiger partial charge < -0.3 is 24.5 Å². The lowest BCUT2D eigenvalue weighted by Gasteiger charge is -2.44. The van der Waals surface area contributed by atoms with Gasteiger partial charge >= 0.3 is 5.63 Å². The molecule has 4 aromatic rings. The molecule has 9 heteroatoms. The van der Waals surface area contributed by atoms with Crippen molar-refractivity contribution in [3.05, 3.63) is 116 Å². The molecule has 230 valence electrons. The van der Waals surface area contributed by atoms with Gasteiger partial charge in [-0.1, -0.05) is 35.9 Å². The number of hydrogen-bond donors (Lipinski definition) is 2. The molecule has 2 N–H and O–H groups in total. The van der Waals surface area contributed by atoms with Crippen LogP contribution in [0.5, 0.6) is 0 Å². The van der Waals surface area contributed by atoms with Crippen LogP contribution < -0.4 is 26.7 Å². The minimum Gasteiger partial charge on any atom is -0.422 e. The van der Waals surface area contributed by atoms with Crippen molar-refractivity contribution in [3.63, 3.8) is 0 Å². The topological polar surface area (TPSA) is 114 Å². The Kier molecular flexibility index (Phi) is 7.83. The number of allylic oxidation sites excluding steroid dienone is 1. The van der Waals surface area contributed by atoms with Gasteiger partial charge in [0, 0.05) is 54.8 Å². The Bertz CT molecular complexity index is 1940. The van der Waals surface area contributed by atoms with E-state index in [0.29, 0.717) is 48.4 Å². The summed E-state index contributed by atoms with van der Waals surface area (Å²) in [5.41, 5.74) is 3.62. The van der Waals surface area contributed by atoms with Crippen molar-refractivity contribution in [2.24, 2.45) is 5.92 Å². The zero-order chi connectivity index (χ0) is 30.9. The molecular weight excluding hydrogens is 568 g/mol. The van der Waals surface area contributed by atoms with E-state index in [0.717, 1.165) is 37.1 Å². The Morgan fingerprint density at radius 2 is 1.80 bits per heavy atom. The first kappa shape index (κ1) is 28.8. The number of anilines is 2. The maximum atomic E-state index is 13.6. The highest BCUT2D eigenvalue weighted by Crippen LogP contribution is 2.39. The van der Waals surface area contributed by atoms with Crippen LogP contribution in [0.2, 0.25) is 0 Å². The number of nitrogens with zero attached hydrogens (tertiary/aromatic N) is 2. The van der Waals surface area contributed by atoms with E-state index in [9.17, 15) is 19.2 Å². The van der Waals surface area contributed by atoms with Gasteiger partial charge in [-0.05, 0) is 80.8 Å². The number of hydrogen-bond acceptors (Lipinski definition) is 6. The Morgan fingerprint density at radius 1 is 0.911 bits per heavy atom. The SMILES string of the molecule is O=C(NCCC1=CCCCC1)c1ccc(N2CC3CC(C2)c2cccc(=O)n2C3)c(NC(=O)c2cc3ccccc3oc2=O)c1. The molecule has 2 aromatic carbocycles. The Hall–Kier alpha value is -4.92. The first-order valence-electron chi connectivity index (χ1n) is 15.8. The van der Waals surface area contributed by atoms with Gasteiger partial charge in [-0.3, -0.25) is 14.4 Å². The highest BCUT2D eigenvalue weighted by molar-refractivity contribution is 6.08. The van der Waals surface area contributed by atoms with Crippen LogP contribution in [0.25, 0.3) is 11.0 Å². The van der Waals surface area contributed by atoms with Crippen LogP contribution in [-0.4, -0.2) is 36.0 Å². The third-order valence-corrected chi connectivity index (χ3v) is 9.33. The van der Waals surface area contributed by atoms with Gasteiger partial charge in [0.05, 0.1) is 11.4 Å². The van der Waals surface area contributed by atoms with Gasteiger partial charge in [0.25, 0.3) is 17.4 Å². The highest BCUT2D eigenvalue weighted by Gasteiger charge is 2.35. The number of benzene rings is 2. The molecule has 3 aliphatic rings. The van der Waals surface area contributed by atoms with E-state index >= 15 is 0 Å². The van der Waals surface area contributed by atoms with Crippen molar-refractivity contribution in [3.8, 4) is 0 Å². The summed E-state index contributed by atoms with van der Waals surface area (Å²) in [5.74, 6) is -0.418. The standard InChI is InChI=1S/C36H36N4O5/c41-33-12-6-10-30-27-17-24(21-40(30)33)20-39(22-27)31-14-13-26(34(42)37-16-15-23-7-2-1-3-8-23)19-29(31)38-35(43)28-18-25-9-4-5-11-32(25)45-36(28)44/h4-7,9-14,18-19,24,27H,1-3,8,15-17,20-22H2,(H,37,42)(H,38,43). The second-order valence-electron chi connectivity index (χ2n) is 12.4. The molecule has 1 aliphatic carbocycles. The maximum absolute atomic E-state index is 13.6. The summed E-state index contributed by atoms with van der Waals surface area (Å²) in [6.07, 6.45) is 8.69. The molecule has 2 atom stereocenters. The van der Waals surface area contributed by atoms with Crippen LogP contribution in [0.4, 0.5) is 11.4 Å². The number of amides is 2. The highest BCUT2D eigenvalue weighted by atomic mass is 16.4. The third kappa shape index (κ3) is 5.94. The fourth-order valence-corrected chi connectivity index (χ4v) is 7.13. The van der Waals surface area contributed by atoms with Gasteiger partial charge in [0.15, 0.2) is 0 Å². The smallest absolute Gasteiger partial charge is 0.349 e. The van der Waals surface area contributed by atoms with E-state index < -0.39 is 11.5 Å². The van der Waals surface area contributed by atoms with E-state index in [2.05, 4.69) is 21.6 Å². The summed E-state index contributed by atoms with van der Waals surface area (Å²) in [7, 11) is 0. The molecule has 1 saturated heterocycles. The van der Waals surface area contributed by atoms with Gasteiger partial charge in [0.1, 0.15) is 11.1 Å². The number of fused-ring (bicyclic) bond motifs is 5. The molecular formula is C36H36N4O5. The molecule has 2 aromatic heterocycles. The van der Waals surface area contributed by atoms with Gasteiger partial charge in [-0.25, -0.2) is 4.79 Å². The van der Waals surface area contributed by atoms with Crippen LogP contribution in [0.3, 0.4) is 0 Å². The normalized spacial score (nSPS) is 19.0. The molecule has 1 fully saturated rings. The molecule has 7 rings (SSSR count). The molecule has 2 bridgehead atoms. The lowest BCUT2D eigenvalue weighted by atomic mass is 9.83. The van der Waals surface area contributed by atoms with Crippen molar-refractivity contribution in [2.75, 3.05) is 29.9 Å². The Morgan fingerprint density at radius 3 is 2.67 bits per heavy atom. The number of aromatic nitrogens is 1. The van der Waals surface area contributed by atoms with Crippen LogP contribution in [-0.2, 0) is 6.54 Å². The predicted octanol–water partition coefficient (Wildman–Crippen LogP) is 5.45. The third-order valence-electron chi connectivity index (χ3n) is 9.33. The van der Waals surface area contributed by atoms with Crippen LogP contribution in [0.15, 0.2) is 92.4 Å². The number of pyridine rings is 1. The molecule has 4 heterocycles. The monoisotopic (exact) mass is 604 g/mol. The van der Waals surface area contributed by atoms with Crippen LogP contribution in [0.1, 0.15) is 70.9 Å². The summed E-state index contributed by atoms with van der Waals surface area (Å²) >= 11 is 0. The number of rotatable bonds is 7. The first-order valence-corrected chi connectivity index (χ1v) is 15.8. The number of piperidine rings is 1. The lowest BCUT2D eigenvalue weighted by molar-refractivity contribution is 0.0952. The zero-order valence-electron chi connectivity index (χ0n) is 25.1. The molecule has 9 nitrogen and oxygen atoms in total. The van der Waals surface area contributed by atoms with Crippen molar-refractivity contribution < 1.29 is 14.0 Å². The molecule has 2 amide bonds. The largest absolute Gasteiger partial charge is 0.422 e. The molecule has 0 saturated carbocycles.